The Kier molecular flexibility index (Phi) is 3.92. The summed E-state index contributed by atoms with van der Waals surface area (Å²) in [4.78, 5) is 14.2. The van der Waals surface area contributed by atoms with E-state index in [9.17, 15) is 4.79 Å². The zero-order chi connectivity index (χ0) is 13.9. The molecule has 108 valence electrons. The largest absolute Gasteiger partial charge is 0.399 e. The maximum absolute atomic E-state index is 12.3. The standard InChI is InChI=1S/C16H22N2O2/c17-14-5-4-12-10-18(11-13(12)9-14)16(19)7-6-15-3-1-2-8-20-15/h4-5,9,15H,1-3,6-8,10-11,17H2. The third-order valence-corrected chi connectivity index (χ3v) is 4.26. The van der Waals surface area contributed by atoms with Gasteiger partial charge in [0.05, 0.1) is 6.10 Å². The summed E-state index contributed by atoms with van der Waals surface area (Å²) in [5, 5.41) is 0. The maximum Gasteiger partial charge on any atom is 0.223 e. The number of nitrogens with two attached hydrogens (primary N) is 1. The Morgan fingerprint density at radius 3 is 2.95 bits per heavy atom. The lowest BCUT2D eigenvalue weighted by Gasteiger charge is -2.23. The molecule has 4 nitrogen and oxygen atoms in total. The van der Waals surface area contributed by atoms with E-state index in [2.05, 4.69) is 0 Å². The van der Waals surface area contributed by atoms with Crippen LogP contribution in [0.25, 0.3) is 0 Å². The zero-order valence-corrected chi connectivity index (χ0v) is 11.8. The van der Waals surface area contributed by atoms with Gasteiger partial charge in [-0.2, -0.15) is 0 Å². The van der Waals surface area contributed by atoms with Crippen molar-refractivity contribution in [1.82, 2.24) is 4.90 Å². The van der Waals surface area contributed by atoms with Crippen molar-refractivity contribution in [3.63, 3.8) is 0 Å². The second kappa shape index (κ2) is 5.83. The number of benzene rings is 1. The van der Waals surface area contributed by atoms with Crippen LogP contribution in [-0.2, 0) is 22.6 Å². The van der Waals surface area contributed by atoms with E-state index in [1.807, 2.05) is 23.1 Å². The van der Waals surface area contributed by atoms with Crippen LogP contribution in [0.4, 0.5) is 5.69 Å². The third-order valence-electron chi connectivity index (χ3n) is 4.26. The molecular weight excluding hydrogens is 252 g/mol. The lowest BCUT2D eigenvalue weighted by atomic mass is 10.0. The average molecular weight is 274 g/mol. The van der Waals surface area contributed by atoms with Crippen molar-refractivity contribution in [2.75, 3.05) is 12.3 Å². The van der Waals surface area contributed by atoms with Crippen LogP contribution in [0.5, 0.6) is 0 Å². The van der Waals surface area contributed by atoms with E-state index in [1.54, 1.807) is 0 Å². The number of nitrogen functional groups attached to an aromatic ring is 1. The van der Waals surface area contributed by atoms with Gasteiger partial charge in [-0.15, -0.1) is 0 Å². The first-order valence-corrected chi connectivity index (χ1v) is 7.49. The lowest BCUT2D eigenvalue weighted by molar-refractivity contribution is -0.132. The van der Waals surface area contributed by atoms with E-state index < -0.39 is 0 Å². The third kappa shape index (κ3) is 2.96. The maximum atomic E-state index is 12.3. The fourth-order valence-corrected chi connectivity index (χ4v) is 3.07. The Balaban J connectivity index is 1.52. The molecule has 0 aliphatic carbocycles. The van der Waals surface area contributed by atoms with Gasteiger partial charge in [0.1, 0.15) is 0 Å². The molecule has 2 N–H and O–H groups in total. The molecule has 1 amide bonds. The number of hydrogen-bond acceptors (Lipinski definition) is 3. The number of fused-ring (bicyclic) bond motifs is 1. The zero-order valence-electron chi connectivity index (χ0n) is 11.8. The molecule has 1 saturated heterocycles. The summed E-state index contributed by atoms with van der Waals surface area (Å²) in [6, 6.07) is 5.91. The highest BCUT2D eigenvalue weighted by molar-refractivity contribution is 5.77. The van der Waals surface area contributed by atoms with Gasteiger partial charge < -0.3 is 15.4 Å². The predicted octanol–water partition coefficient (Wildman–Crippen LogP) is 2.46. The van der Waals surface area contributed by atoms with E-state index in [0.29, 0.717) is 13.0 Å². The van der Waals surface area contributed by atoms with Gasteiger partial charge in [0.25, 0.3) is 0 Å². The molecule has 1 unspecified atom stereocenters. The summed E-state index contributed by atoms with van der Waals surface area (Å²) < 4.78 is 5.68. The molecule has 1 aromatic rings. The minimum atomic E-state index is 0.231. The van der Waals surface area contributed by atoms with Crippen molar-refractivity contribution < 1.29 is 9.53 Å². The van der Waals surface area contributed by atoms with E-state index in [1.165, 1.54) is 17.5 Å². The number of rotatable bonds is 3. The molecule has 1 atom stereocenters. The molecule has 0 radical (unpaired) electrons. The van der Waals surface area contributed by atoms with E-state index in [-0.39, 0.29) is 12.0 Å². The number of anilines is 1. The molecule has 2 heterocycles. The minimum absolute atomic E-state index is 0.231. The Labute approximate surface area is 119 Å². The highest BCUT2D eigenvalue weighted by Gasteiger charge is 2.24. The van der Waals surface area contributed by atoms with Gasteiger partial charge in [-0.05, 0) is 48.9 Å². The molecule has 0 aromatic heterocycles. The molecular formula is C16H22N2O2. The Morgan fingerprint density at radius 2 is 2.15 bits per heavy atom. The summed E-state index contributed by atoms with van der Waals surface area (Å²) >= 11 is 0. The van der Waals surface area contributed by atoms with Crippen LogP contribution in [0, 0.1) is 0 Å². The summed E-state index contributed by atoms with van der Waals surface area (Å²) in [5.41, 5.74) is 8.97. The summed E-state index contributed by atoms with van der Waals surface area (Å²) in [6.07, 6.45) is 5.22. The Bertz CT molecular complexity index is 495. The monoisotopic (exact) mass is 274 g/mol. The first-order valence-electron chi connectivity index (χ1n) is 7.49. The van der Waals surface area contributed by atoms with Gasteiger partial charge in [0.2, 0.25) is 5.91 Å². The molecule has 0 bridgehead atoms. The van der Waals surface area contributed by atoms with Gasteiger partial charge in [-0.1, -0.05) is 6.07 Å². The van der Waals surface area contributed by atoms with Crippen molar-refractivity contribution in [1.29, 1.82) is 0 Å². The number of ether oxygens (including phenoxy) is 1. The molecule has 2 aliphatic rings. The molecule has 1 fully saturated rings. The van der Waals surface area contributed by atoms with Crippen molar-refractivity contribution in [2.45, 2.75) is 51.3 Å². The Hall–Kier alpha value is -1.55. The van der Waals surface area contributed by atoms with Gasteiger partial charge in [-0.25, -0.2) is 0 Å². The summed E-state index contributed by atoms with van der Waals surface area (Å²) in [6.45, 7) is 2.28. The van der Waals surface area contributed by atoms with E-state index in [4.69, 9.17) is 10.5 Å². The first kappa shape index (κ1) is 13.4. The van der Waals surface area contributed by atoms with Crippen molar-refractivity contribution in [3.05, 3.63) is 29.3 Å². The van der Waals surface area contributed by atoms with Crippen LogP contribution >= 0.6 is 0 Å². The molecule has 2 aliphatic heterocycles. The summed E-state index contributed by atoms with van der Waals surface area (Å²) in [5.74, 6) is 0.231. The highest BCUT2D eigenvalue weighted by Crippen LogP contribution is 2.26. The minimum Gasteiger partial charge on any atom is -0.399 e. The van der Waals surface area contributed by atoms with Crippen molar-refractivity contribution in [3.8, 4) is 0 Å². The van der Waals surface area contributed by atoms with Gasteiger partial charge in [0.15, 0.2) is 0 Å². The number of hydrogen-bond donors (Lipinski definition) is 1. The van der Waals surface area contributed by atoms with Crippen LogP contribution in [-0.4, -0.2) is 23.5 Å². The van der Waals surface area contributed by atoms with E-state index >= 15 is 0 Å². The predicted molar refractivity (Wildman–Crippen MR) is 77.9 cm³/mol. The van der Waals surface area contributed by atoms with Crippen LogP contribution in [0.3, 0.4) is 0 Å². The fourth-order valence-electron chi connectivity index (χ4n) is 3.07. The van der Waals surface area contributed by atoms with Crippen LogP contribution in [0.15, 0.2) is 18.2 Å². The average Bonchev–Trinajstić information content (AvgIpc) is 2.89. The smallest absolute Gasteiger partial charge is 0.223 e. The quantitative estimate of drug-likeness (QED) is 0.861. The van der Waals surface area contributed by atoms with Crippen molar-refractivity contribution in [2.24, 2.45) is 0 Å². The molecule has 3 rings (SSSR count). The van der Waals surface area contributed by atoms with Gasteiger partial charge in [-0.3, -0.25) is 4.79 Å². The van der Waals surface area contributed by atoms with Gasteiger partial charge >= 0.3 is 0 Å². The van der Waals surface area contributed by atoms with E-state index in [0.717, 1.165) is 38.1 Å². The topological polar surface area (TPSA) is 55.6 Å². The SMILES string of the molecule is Nc1ccc2c(c1)CN(C(=O)CCC1CCCCO1)C2. The van der Waals surface area contributed by atoms with Crippen molar-refractivity contribution >= 4 is 11.6 Å². The van der Waals surface area contributed by atoms with Gasteiger partial charge in [0, 0.05) is 31.8 Å². The number of amides is 1. The number of carbonyl (C=O) groups excluding carboxylic acids is 1. The lowest BCUT2D eigenvalue weighted by Crippen LogP contribution is -2.27. The molecule has 20 heavy (non-hydrogen) atoms. The van der Waals surface area contributed by atoms with Crippen LogP contribution in [0.2, 0.25) is 0 Å². The molecule has 4 heteroatoms. The molecule has 0 saturated carbocycles. The number of nitrogens with zero attached hydrogens (tertiary/aromatic N) is 1. The van der Waals surface area contributed by atoms with Crippen LogP contribution < -0.4 is 5.73 Å². The second-order valence-corrected chi connectivity index (χ2v) is 5.81. The number of carbonyl (C=O) groups is 1. The normalized spacial score (nSPS) is 21.8. The second-order valence-electron chi connectivity index (χ2n) is 5.81. The Morgan fingerprint density at radius 1 is 1.30 bits per heavy atom. The molecule has 1 aromatic carbocycles. The van der Waals surface area contributed by atoms with Crippen LogP contribution in [0.1, 0.15) is 43.2 Å². The first-order chi connectivity index (χ1) is 9.72. The highest BCUT2D eigenvalue weighted by atomic mass is 16.5. The summed E-state index contributed by atoms with van der Waals surface area (Å²) in [7, 11) is 0. The fraction of sp³-hybridized carbons (Fsp3) is 0.562. The molecule has 0 spiro atoms.